The number of amides is 6. The molecule has 0 saturated heterocycles. The third kappa shape index (κ3) is 13.6. The maximum absolute atomic E-state index is 13.1. The number of aliphatic hydroxyl groups excluding tert-OH is 1. The number of rotatable bonds is 19. The lowest BCUT2D eigenvalue weighted by Gasteiger charge is -2.28. The number of nitrogens with one attached hydrogen (secondary N) is 5. The molecule has 0 spiro atoms. The van der Waals surface area contributed by atoms with E-state index in [2.05, 4.69) is 26.6 Å². The highest BCUT2D eigenvalue weighted by Gasteiger charge is 2.35. The molecule has 1 rings (SSSR count). The van der Waals surface area contributed by atoms with E-state index < -0.39 is 108 Å². The fourth-order valence-electron chi connectivity index (χ4n) is 4.14. The molecule has 19 heteroatoms. The number of nitrogens with two attached hydrogens (primary N) is 2. The van der Waals surface area contributed by atoms with Crippen LogP contribution in [0.5, 0.6) is 5.75 Å². The van der Waals surface area contributed by atoms with Gasteiger partial charge in [0.15, 0.2) is 0 Å². The monoisotopic (exact) mass is 681 g/mol. The molecule has 0 aliphatic carbocycles. The first-order valence-corrected chi connectivity index (χ1v) is 14.7. The molecule has 0 saturated carbocycles. The van der Waals surface area contributed by atoms with Gasteiger partial charge in [-0.25, -0.2) is 4.79 Å². The van der Waals surface area contributed by atoms with Crippen LogP contribution >= 0.6 is 0 Å². The summed E-state index contributed by atoms with van der Waals surface area (Å²) in [5.74, 6) is -9.56. The third-order valence-electron chi connectivity index (χ3n) is 6.82. The van der Waals surface area contributed by atoms with Crippen LogP contribution in [0.1, 0.15) is 46.1 Å². The van der Waals surface area contributed by atoms with E-state index in [1.165, 1.54) is 45.0 Å². The summed E-state index contributed by atoms with van der Waals surface area (Å²) in [6.45, 7) is 5.39. The van der Waals surface area contributed by atoms with E-state index in [4.69, 9.17) is 16.6 Å². The van der Waals surface area contributed by atoms with Gasteiger partial charge >= 0.3 is 11.9 Å². The van der Waals surface area contributed by atoms with Gasteiger partial charge in [-0.15, -0.1) is 0 Å². The smallest absolute Gasteiger partial charge is 0.326 e. The van der Waals surface area contributed by atoms with E-state index in [1.807, 2.05) is 0 Å². The number of carboxylic acid groups (broad SMARTS) is 2. The van der Waals surface area contributed by atoms with Crippen molar-refractivity contribution in [2.45, 2.75) is 89.3 Å². The summed E-state index contributed by atoms with van der Waals surface area (Å²) in [5.41, 5.74) is 11.3. The fraction of sp³-hybridized carbons (Fsp3) is 0.517. The minimum absolute atomic E-state index is 0.0471. The first-order chi connectivity index (χ1) is 22.2. The number of hydrogen-bond donors (Lipinski definition) is 11. The largest absolute Gasteiger partial charge is 0.508 e. The zero-order valence-electron chi connectivity index (χ0n) is 26.8. The molecular weight excluding hydrogens is 638 g/mol. The van der Waals surface area contributed by atoms with Gasteiger partial charge in [-0.05, 0) is 37.5 Å². The molecule has 0 fully saturated rings. The van der Waals surface area contributed by atoms with E-state index in [0.29, 0.717) is 5.56 Å². The highest BCUT2D eigenvalue weighted by molar-refractivity contribution is 5.98. The second-order valence-electron chi connectivity index (χ2n) is 11.4. The van der Waals surface area contributed by atoms with Crippen molar-refractivity contribution in [3.8, 4) is 5.75 Å². The van der Waals surface area contributed by atoms with E-state index in [-0.39, 0.29) is 12.2 Å². The number of carboxylic acids is 2. The number of benzene rings is 1. The molecule has 1 aromatic carbocycles. The number of aliphatic carboxylic acids is 2. The molecule has 0 radical (unpaired) electrons. The number of primary amides is 1. The predicted octanol–water partition coefficient (Wildman–Crippen LogP) is -3.82. The van der Waals surface area contributed by atoms with Crippen molar-refractivity contribution in [3.05, 3.63) is 29.8 Å². The first-order valence-electron chi connectivity index (χ1n) is 14.7. The molecule has 0 heterocycles. The number of phenolic OH excluding ortho intramolecular Hbond substituents is 1. The van der Waals surface area contributed by atoms with Crippen molar-refractivity contribution in [2.24, 2.45) is 17.4 Å². The molecule has 13 N–H and O–H groups in total. The molecule has 48 heavy (non-hydrogen) atoms. The molecule has 1 aromatic rings. The van der Waals surface area contributed by atoms with Crippen molar-refractivity contribution in [1.29, 1.82) is 0 Å². The van der Waals surface area contributed by atoms with Gasteiger partial charge in [0.25, 0.3) is 0 Å². The molecule has 0 aliphatic heterocycles. The lowest BCUT2D eigenvalue weighted by molar-refractivity contribution is -0.142. The van der Waals surface area contributed by atoms with Crippen LogP contribution in [0, 0.1) is 5.92 Å². The van der Waals surface area contributed by atoms with Crippen LogP contribution in [-0.2, 0) is 44.8 Å². The number of phenols is 1. The number of carbonyl (C=O) groups is 8. The average Bonchev–Trinajstić information content (AvgIpc) is 2.97. The van der Waals surface area contributed by atoms with E-state index in [9.17, 15) is 53.7 Å². The van der Waals surface area contributed by atoms with Crippen molar-refractivity contribution in [1.82, 2.24) is 26.6 Å². The molecule has 0 aliphatic rings. The van der Waals surface area contributed by atoms with Gasteiger partial charge in [0.2, 0.25) is 35.4 Å². The summed E-state index contributed by atoms with van der Waals surface area (Å²) in [6, 6.07) is -3.51. The SMILES string of the molecule is CC(C)[C@H](NC(=O)[C@@H](N)CC(=O)O)C(=O)N[C@H](C(=O)N[C@@H](CC(N)=O)C(=O)N[C@@H](C)C(=O)N[C@@H](Cc1ccc(O)cc1)C(=O)O)[C@@H](C)O. The van der Waals surface area contributed by atoms with Crippen LogP contribution in [0.3, 0.4) is 0 Å². The number of aromatic hydroxyl groups is 1. The fourth-order valence-corrected chi connectivity index (χ4v) is 4.14. The van der Waals surface area contributed by atoms with E-state index in [1.54, 1.807) is 0 Å². The Hall–Kier alpha value is -5.30. The van der Waals surface area contributed by atoms with Crippen LogP contribution in [-0.4, -0.2) is 110 Å². The molecule has 7 atom stereocenters. The Morgan fingerprint density at radius 1 is 0.688 bits per heavy atom. The minimum Gasteiger partial charge on any atom is -0.508 e. The Balaban J connectivity index is 3.02. The van der Waals surface area contributed by atoms with E-state index >= 15 is 0 Å². The highest BCUT2D eigenvalue weighted by Crippen LogP contribution is 2.12. The Labute approximate surface area is 275 Å². The normalized spacial score (nSPS) is 15.3. The van der Waals surface area contributed by atoms with Crippen LogP contribution in [0.2, 0.25) is 0 Å². The first kappa shape index (κ1) is 40.7. The summed E-state index contributed by atoms with van der Waals surface area (Å²) < 4.78 is 0. The van der Waals surface area contributed by atoms with E-state index in [0.717, 1.165) is 6.92 Å². The van der Waals surface area contributed by atoms with Crippen LogP contribution in [0.15, 0.2) is 24.3 Å². The summed E-state index contributed by atoms with van der Waals surface area (Å²) in [7, 11) is 0. The number of carbonyl (C=O) groups excluding carboxylic acids is 6. The Bertz CT molecular complexity index is 1350. The zero-order chi connectivity index (χ0) is 36.9. The standard InChI is InChI=1S/C29H43N7O12/c1-12(2)22(35-25(43)17(30)10-21(40)41)27(45)36-23(14(4)37)28(46)33-18(11-20(31)39)26(44)32-13(3)24(42)34-19(29(47)48)9-15-5-7-16(38)8-6-15/h5-8,12-14,17-19,22-23,37-38H,9-11,30H2,1-4H3,(H2,31,39)(H,32,44)(H,33,46)(H,34,42)(H,35,43)(H,36,45)(H,40,41)(H,47,48)/t13-,14+,17-,18-,19-,22-,23-/m0/s1. The molecule has 0 unspecified atom stereocenters. The lowest BCUT2D eigenvalue weighted by atomic mass is 10.0. The molecule has 19 nitrogen and oxygen atoms in total. The van der Waals surface area contributed by atoms with Crippen molar-refractivity contribution in [3.63, 3.8) is 0 Å². The maximum Gasteiger partial charge on any atom is 0.326 e. The van der Waals surface area contributed by atoms with Gasteiger partial charge in [0.05, 0.1) is 25.0 Å². The van der Waals surface area contributed by atoms with Crippen LogP contribution in [0.4, 0.5) is 0 Å². The molecule has 0 bridgehead atoms. The summed E-state index contributed by atoms with van der Waals surface area (Å²) in [6.07, 6.45) is -3.25. The lowest BCUT2D eigenvalue weighted by Crippen LogP contribution is -2.62. The summed E-state index contributed by atoms with van der Waals surface area (Å²) in [4.78, 5) is 98.7. The summed E-state index contributed by atoms with van der Waals surface area (Å²) >= 11 is 0. The summed E-state index contributed by atoms with van der Waals surface area (Å²) in [5, 5.41) is 49.3. The average molecular weight is 682 g/mol. The number of hydrogen-bond acceptors (Lipinski definition) is 11. The van der Waals surface area contributed by atoms with Gasteiger partial charge in [0, 0.05) is 6.42 Å². The predicted molar refractivity (Wildman–Crippen MR) is 165 cm³/mol. The van der Waals surface area contributed by atoms with Gasteiger partial charge in [-0.3, -0.25) is 33.6 Å². The minimum atomic E-state index is -1.75. The van der Waals surface area contributed by atoms with Crippen LogP contribution in [0.25, 0.3) is 0 Å². The second-order valence-corrected chi connectivity index (χ2v) is 11.4. The van der Waals surface area contributed by atoms with Crippen LogP contribution < -0.4 is 38.1 Å². The van der Waals surface area contributed by atoms with Crippen molar-refractivity contribution in [2.75, 3.05) is 0 Å². The van der Waals surface area contributed by atoms with Crippen molar-refractivity contribution < 1.29 is 58.8 Å². The molecule has 6 amide bonds. The van der Waals surface area contributed by atoms with Gasteiger partial charge in [-0.1, -0.05) is 26.0 Å². The molecule has 266 valence electrons. The molecule has 0 aromatic heterocycles. The quantitative estimate of drug-likeness (QED) is 0.0668. The van der Waals surface area contributed by atoms with Gasteiger partial charge in [-0.2, -0.15) is 0 Å². The topological polar surface area (TPSA) is 330 Å². The number of aliphatic hydroxyl groups is 1. The van der Waals surface area contributed by atoms with Crippen molar-refractivity contribution >= 4 is 47.4 Å². The van der Waals surface area contributed by atoms with Gasteiger partial charge in [0.1, 0.15) is 36.0 Å². The van der Waals surface area contributed by atoms with Gasteiger partial charge < -0.3 is 58.5 Å². The Morgan fingerprint density at radius 2 is 1.21 bits per heavy atom. The molecular formula is C29H43N7O12. The Morgan fingerprint density at radius 3 is 1.69 bits per heavy atom. The third-order valence-corrected chi connectivity index (χ3v) is 6.82. The maximum atomic E-state index is 13.1. The zero-order valence-corrected chi connectivity index (χ0v) is 26.8. The second kappa shape index (κ2) is 18.7. The highest BCUT2D eigenvalue weighted by atomic mass is 16.4. The Kier molecular flexibility index (Phi) is 15.9.